The van der Waals surface area contributed by atoms with E-state index in [9.17, 15) is 9.18 Å². The molecule has 10 heteroatoms. The number of benzene rings is 2. The monoisotopic (exact) mass is 431 g/mol. The molecule has 0 aliphatic heterocycles. The first-order chi connectivity index (χ1) is 13.9. The lowest BCUT2D eigenvalue weighted by molar-refractivity contribution is 0.303. The zero-order chi connectivity index (χ0) is 20.5. The Morgan fingerprint density at radius 2 is 2.07 bits per heavy atom. The van der Waals surface area contributed by atoms with Gasteiger partial charge >= 0.3 is 5.69 Å². The molecule has 0 unspecified atom stereocenters. The summed E-state index contributed by atoms with van der Waals surface area (Å²) in [7, 11) is 1.53. The maximum atomic E-state index is 14.1. The molecule has 0 atom stereocenters. The summed E-state index contributed by atoms with van der Waals surface area (Å²) in [6.07, 6.45) is 0. The molecular formula is C19H15ClFN5O2S. The smallest absolute Gasteiger partial charge is 0.368 e. The van der Waals surface area contributed by atoms with Crippen molar-refractivity contribution in [2.45, 2.75) is 13.5 Å². The second-order valence-electron chi connectivity index (χ2n) is 6.28. The average Bonchev–Trinajstić information content (AvgIpc) is 3.28. The van der Waals surface area contributed by atoms with E-state index < -0.39 is 5.82 Å². The minimum atomic E-state index is -0.447. The van der Waals surface area contributed by atoms with Crippen LogP contribution in [0.3, 0.4) is 0 Å². The first-order valence-corrected chi connectivity index (χ1v) is 9.81. The minimum Gasteiger partial charge on any atom is -0.465 e. The van der Waals surface area contributed by atoms with E-state index in [4.69, 9.17) is 16.3 Å². The number of thiazole rings is 1. The predicted molar refractivity (Wildman–Crippen MR) is 108 cm³/mol. The number of aromatic nitrogens is 5. The Morgan fingerprint density at radius 1 is 1.24 bits per heavy atom. The molecule has 29 heavy (non-hydrogen) atoms. The number of hydrogen-bond acceptors (Lipinski definition) is 6. The van der Waals surface area contributed by atoms with Crippen LogP contribution in [-0.2, 0) is 13.7 Å². The van der Waals surface area contributed by atoms with Gasteiger partial charge in [-0.2, -0.15) is 9.36 Å². The van der Waals surface area contributed by atoms with Crippen LogP contribution in [0.5, 0.6) is 5.19 Å². The molecule has 0 aliphatic carbocycles. The van der Waals surface area contributed by atoms with Crippen LogP contribution < -0.4 is 10.4 Å². The van der Waals surface area contributed by atoms with Crippen molar-refractivity contribution in [2.24, 2.45) is 7.05 Å². The zero-order valence-electron chi connectivity index (χ0n) is 15.5. The molecular weight excluding hydrogens is 417 g/mol. The first-order valence-electron chi connectivity index (χ1n) is 8.55. The summed E-state index contributed by atoms with van der Waals surface area (Å²) in [4.78, 5) is 16.6. The third kappa shape index (κ3) is 3.79. The lowest BCUT2D eigenvalue weighted by atomic mass is 10.1. The maximum Gasteiger partial charge on any atom is 0.368 e. The molecule has 148 valence electrons. The van der Waals surface area contributed by atoms with Crippen molar-refractivity contribution in [1.29, 1.82) is 0 Å². The van der Waals surface area contributed by atoms with Gasteiger partial charge in [0.15, 0.2) is 0 Å². The van der Waals surface area contributed by atoms with Gasteiger partial charge in [0.05, 0.1) is 11.4 Å². The van der Waals surface area contributed by atoms with Crippen molar-refractivity contribution in [1.82, 2.24) is 24.8 Å². The van der Waals surface area contributed by atoms with E-state index in [1.807, 2.05) is 19.1 Å². The van der Waals surface area contributed by atoms with Crippen LogP contribution in [0.1, 0.15) is 11.1 Å². The SMILES string of the molecule is Cc1cccc(-n2nnn(C)c2=O)c1COc1nc(-c2ccc(Cl)cc2F)cs1. The summed E-state index contributed by atoms with van der Waals surface area (Å²) >= 11 is 7.06. The van der Waals surface area contributed by atoms with Crippen LogP contribution in [0.4, 0.5) is 4.39 Å². The summed E-state index contributed by atoms with van der Waals surface area (Å²) < 4.78 is 22.3. The Kier molecular flexibility index (Phi) is 5.16. The van der Waals surface area contributed by atoms with Gasteiger partial charge in [-0.25, -0.2) is 14.2 Å². The summed E-state index contributed by atoms with van der Waals surface area (Å²) in [5.41, 5.74) is 2.76. The summed E-state index contributed by atoms with van der Waals surface area (Å²) in [6, 6.07) is 9.96. The fourth-order valence-corrected chi connectivity index (χ4v) is 3.65. The van der Waals surface area contributed by atoms with Crippen LogP contribution in [0.15, 0.2) is 46.6 Å². The number of halogens is 2. The number of rotatable bonds is 5. The highest BCUT2D eigenvalue weighted by atomic mass is 35.5. The van der Waals surface area contributed by atoms with Crippen molar-refractivity contribution >= 4 is 22.9 Å². The Bertz CT molecular complexity index is 1250. The Morgan fingerprint density at radius 3 is 2.79 bits per heavy atom. The molecule has 0 spiro atoms. The molecule has 0 N–H and O–H groups in total. The molecule has 2 aromatic carbocycles. The van der Waals surface area contributed by atoms with Crippen LogP contribution in [-0.4, -0.2) is 24.8 Å². The molecule has 0 bridgehead atoms. The van der Waals surface area contributed by atoms with Crippen molar-refractivity contribution < 1.29 is 9.13 Å². The maximum absolute atomic E-state index is 14.1. The largest absolute Gasteiger partial charge is 0.465 e. The number of nitrogens with zero attached hydrogens (tertiary/aromatic N) is 5. The van der Waals surface area contributed by atoms with Gasteiger partial charge in [-0.1, -0.05) is 35.1 Å². The minimum absolute atomic E-state index is 0.168. The van der Waals surface area contributed by atoms with E-state index in [2.05, 4.69) is 15.4 Å². The van der Waals surface area contributed by atoms with Crippen molar-refractivity contribution in [3.05, 3.63) is 74.2 Å². The third-order valence-corrected chi connectivity index (χ3v) is 5.35. The van der Waals surface area contributed by atoms with Gasteiger partial charge < -0.3 is 4.74 Å². The van der Waals surface area contributed by atoms with Gasteiger partial charge in [-0.3, -0.25) is 0 Å². The van der Waals surface area contributed by atoms with Gasteiger partial charge in [-0.15, -0.1) is 0 Å². The van der Waals surface area contributed by atoms with Gasteiger partial charge in [0, 0.05) is 28.6 Å². The van der Waals surface area contributed by atoms with Crippen molar-refractivity contribution in [2.75, 3.05) is 0 Å². The molecule has 2 aromatic heterocycles. The average molecular weight is 432 g/mol. The zero-order valence-corrected chi connectivity index (χ0v) is 17.0. The molecule has 7 nitrogen and oxygen atoms in total. The number of aryl methyl sites for hydroxylation is 2. The molecule has 0 amide bonds. The van der Waals surface area contributed by atoms with E-state index in [-0.39, 0.29) is 12.3 Å². The topological polar surface area (TPSA) is 74.8 Å². The molecule has 0 saturated heterocycles. The summed E-state index contributed by atoms with van der Waals surface area (Å²) in [5.74, 6) is -0.447. The number of hydrogen-bond donors (Lipinski definition) is 0. The second-order valence-corrected chi connectivity index (χ2v) is 7.54. The fourth-order valence-electron chi connectivity index (χ4n) is 2.82. The summed E-state index contributed by atoms with van der Waals surface area (Å²) in [5, 5.41) is 10.1. The van der Waals surface area contributed by atoms with Crippen LogP contribution >= 0.6 is 22.9 Å². The van der Waals surface area contributed by atoms with Gasteiger partial charge in [-0.05, 0) is 47.2 Å². The Hall–Kier alpha value is -3.04. The highest BCUT2D eigenvalue weighted by molar-refractivity contribution is 7.11. The lowest BCUT2D eigenvalue weighted by Crippen LogP contribution is -2.23. The second kappa shape index (κ2) is 7.76. The highest BCUT2D eigenvalue weighted by Crippen LogP contribution is 2.30. The first kappa shape index (κ1) is 19.3. The van der Waals surface area contributed by atoms with Gasteiger partial charge in [0.25, 0.3) is 5.19 Å². The molecule has 0 saturated carbocycles. The van der Waals surface area contributed by atoms with E-state index in [1.54, 1.807) is 23.6 Å². The predicted octanol–water partition coefficient (Wildman–Crippen LogP) is 3.77. The molecule has 0 radical (unpaired) electrons. The highest BCUT2D eigenvalue weighted by Gasteiger charge is 2.15. The van der Waals surface area contributed by atoms with E-state index in [0.717, 1.165) is 15.8 Å². The quantitative estimate of drug-likeness (QED) is 0.481. The fraction of sp³-hybridized carbons (Fsp3) is 0.158. The van der Waals surface area contributed by atoms with Crippen LogP contribution in [0, 0.1) is 12.7 Å². The van der Waals surface area contributed by atoms with E-state index in [1.165, 1.54) is 29.1 Å². The molecule has 4 aromatic rings. The van der Waals surface area contributed by atoms with Crippen molar-refractivity contribution in [3.63, 3.8) is 0 Å². The Labute approximate surface area is 173 Å². The van der Waals surface area contributed by atoms with Gasteiger partial charge in [0.2, 0.25) is 0 Å². The standard InChI is InChI=1S/C19H15ClFN5O2S/c1-11-4-3-5-17(26-19(27)25(2)23-24-26)14(11)9-28-18-22-16(10-29-18)13-7-6-12(20)8-15(13)21/h3-8,10H,9H2,1-2H3. The third-order valence-electron chi connectivity index (χ3n) is 4.37. The summed E-state index contributed by atoms with van der Waals surface area (Å²) in [6.45, 7) is 2.08. The molecule has 2 heterocycles. The van der Waals surface area contributed by atoms with Crippen LogP contribution in [0.2, 0.25) is 5.02 Å². The van der Waals surface area contributed by atoms with Crippen LogP contribution in [0.25, 0.3) is 16.9 Å². The van der Waals surface area contributed by atoms with Crippen molar-refractivity contribution in [3.8, 4) is 22.1 Å². The normalized spacial score (nSPS) is 11.0. The molecule has 0 aliphatic rings. The molecule has 0 fully saturated rings. The molecule has 4 rings (SSSR count). The number of ether oxygens (including phenoxy) is 1. The lowest BCUT2D eigenvalue weighted by Gasteiger charge is -2.11. The van der Waals surface area contributed by atoms with Gasteiger partial charge in [0.1, 0.15) is 12.4 Å². The number of tetrazole rings is 1. The van der Waals surface area contributed by atoms with E-state index >= 15 is 0 Å². The Balaban J connectivity index is 1.60. The van der Waals surface area contributed by atoms with E-state index in [0.29, 0.717) is 27.2 Å².